The first-order valence-corrected chi connectivity index (χ1v) is 13.1. The molecule has 0 radical (unpaired) electrons. The number of thiophene rings is 1. The zero-order valence-electron chi connectivity index (χ0n) is 21.6. The van der Waals surface area contributed by atoms with Crippen molar-refractivity contribution in [1.82, 2.24) is 14.8 Å². The highest BCUT2D eigenvalue weighted by Crippen LogP contribution is 2.39. The molecule has 2 aliphatic rings. The van der Waals surface area contributed by atoms with Gasteiger partial charge in [0.05, 0.1) is 44.1 Å². The van der Waals surface area contributed by atoms with E-state index in [2.05, 4.69) is 4.90 Å². The Morgan fingerprint density at radius 2 is 1.97 bits per heavy atom. The number of hydrogen-bond acceptors (Lipinski definition) is 9. The molecule has 1 saturated heterocycles. The van der Waals surface area contributed by atoms with E-state index in [0.717, 1.165) is 29.2 Å². The van der Waals surface area contributed by atoms with Crippen molar-refractivity contribution in [2.75, 3.05) is 73.9 Å². The van der Waals surface area contributed by atoms with Gasteiger partial charge in [-0.05, 0) is 29.6 Å². The molecule has 1 unspecified atom stereocenters. The van der Waals surface area contributed by atoms with Crippen LogP contribution in [-0.4, -0.2) is 106 Å². The number of morpholine rings is 1. The summed E-state index contributed by atoms with van der Waals surface area (Å²) in [7, 11) is 4.68. The van der Waals surface area contributed by atoms with Crippen LogP contribution in [0.1, 0.15) is 22.9 Å². The molecule has 0 aliphatic carbocycles. The quantitative estimate of drug-likeness (QED) is 0.440. The van der Waals surface area contributed by atoms with E-state index in [-0.39, 0.29) is 25.0 Å². The molecule has 0 N–H and O–H groups in total. The molecule has 11 heteroatoms. The normalized spacial score (nSPS) is 18.0. The minimum absolute atomic E-state index is 0.0900. The molecule has 200 valence electrons. The molecule has 0 bridgehead atoms. The lowest BCUT2D eigenvalue weighted by molar-refractivity contribution is -0.143. The number of ether oxygens (including phenoxy) is 4. The van der Waals surface area contributed by atoms with Gasteiger partial charge in [0.25, 0.3) is 5.91 Å². The summed E-state index contributed by atoms with van der Waals surface area (Å²) in [5, 5.41) is 8.23. The van der Waals surface area contributed by atoms with Crippen LogP contribution in [0.5, 0.6) is 11.5 Å². The SMILES string of the molecule is COCC(=O)N(CCN1CCOCC1)CC(=O)N1N=C(c2cccs2)CC1c1cc(OC)ccc1OC. The third kappa shape index (κ3) is 6.67. The molecule has 3 heterocycles. The average Bonchev–Trinajstić information content (AvgIpc) is 3.62. The zero-order valence-corrected chi connectivity index (χ0v) is 22.4. The van der Waals surface area contributed by atoms with Gasteiger partial charge in [-0.25, -0.2) is 5.01 Å². The maximum Gasteiger partial charge on any atom is 0.262 e. The van der Waals surface area contributed by atoms with E-state index >= 15 is 0 Å². The fourth-order valence-corrected chi connectivity index (χ4v) is 5.22. The lowest BCUT2D eigenvalue weighted by atomic mass is 9.99. The summed E-state index contributed by atoms with van der Waals surface area (Å²) in [6.07, 6.45) is 0.523. The molecule has 2 amide bonds. The highest BCUT2D eigenvalue weighted by molar-refractivity contribution is 7.12. The third-order valence-electron chi connectivity index (χ3n) is 6.50. The van der Waals surface area contributed by atoms with E-state index in [9.17, 15) is 9.59 Å². The van der Waals surface area contributed by atoms with E-state index in [1.54, 1.807) is 30.5 Å². The van der Waals surface area contributed by atoms with E-state index in [1.807, 2.05) is 35.7 Å². The zero-order chi connectivity index (χ0) is 26.2. The molecule has 0 spiro atoms. The average molecular weight is 531 g/mol. The number of nitrogens with zero attached hydrogens (tertiary/aromatic N) is 4. The van der Waals surface area contributed by atoms with E-state index in [1.165, 1.54) is 12.1 Å². The van der Waals surface area contributed by atoms with E-state index in [4.69, 9.17) is 24.0 Å². The summed E-state index contributed by atoms with van der Waals surface area (Å²) >= 11 is 1.58. The molecule has 37 heavy (non-hydrogen) atoms. The van der Waals surface area contributed by atoms with Crippen LogP contribution in [0, 0.1) is 0 Å². The molecule has 1 aromatic carbocycles. The third-order valence-corrected chi connectivity index (χ3v) is 7.42. The highest BCUT2D eigenvalue weighted by Gasteiger charge is 2.36. The lowest BCUT2D eigenvalue weighted by Crippen LogP contribution is -2.47. The highest BCUT2D eigenvalue weighted by atomic mass is 32.1. The second-order valence-corrected chi connectivity index (χ2v) is 9.74. The first-order valence-electron chi connectivity index (χ1n) is 12.3. The Morgan fingerprint density at radius 1 is 1.16 bits per heavy atom. The Kier molecular flexibility index (Phi) is 9.51. The van der Waals surface area contributed by atoms with Crippen molar-refractivity contribution < 1.29 is 28.5 Å². The van der Waals surface area contributed by atoms with Crippen molar-refractivity contribution in [2.24, 2.45) is 5.10 Å². The van der Waals surface area contributed by atoms with Crippen molar-refractivity contribution in [3.63, 3.8) is 0 Å². The molecule has 0 saturated carbocycles. The Labute approximate surface area is 221 Å². The molecule has 10 nitrogen and oxygen atoms in total. The topological polar surface area (TPSA) is 93.1 Å². The van der Waals surface area contributed by atoms with Crippen molar-refractivity contribution in [3.8, 4) is 11.5 Å². The van der Waals surface area contributed by atoms with Crippen molar-refractivity contribution >= 4 is 28.9 Å². The number of hydrogen-bond donors (Lipinski definition) is 0. The lowest BCUT2D eigenvalue weighted by Gasteiger charge is -2.31. The number of hydrazone groups is 1. The smallest absolute Gasteiger partial charge is 0.262 e. The van der Waals surface area contributed by atoms with Crippen molar-refractivity contribution in [2.45, 2.75) is 12.5 Å². The Morgan fingerprint density at radius 3 is 2.65 bits per heavy atom. The largest absolute Gasteiger partial charge is 0.497 e. The van der Waals surface area contributed by atoms with Gasteiger partial charge >= 0.3 is 0 Å². The molecule has 1 aromatic heterocycles. The van der Waals surface area contributed by atoms with Crippen LogP contribution in [0.15, 0.2) is 40.8 Å². The van der Waals surface area contributed by atoms with Crippen LogP contribution >= 0.6 is 11.3 Å². The van der Waals surface area contributed by atoms with Crippen LogP contribution in [0.3, 0.4) is 0 Å². The number of methoxy groups -OCH3 is 3. The van der Waals surface area contributed by atoms with Crippen LogP contribution < -0.4 is 9.47 Å². The van der Waals surface area contributed by atoms with Gasteiger partial charge in [-0.15, -0.1) is 11.3 Å². The van der Waals surface area contributed by atoms with Crippen molar-refractivity contribution in [1.29, 1.82) is 0 Å². The molecule has 1 fully saturated rings. The number of rotatable bonds is 11. The standard InChI is InChI=1S/C26H34N4O6S/c1-33-18-26(32)29(9-8-28-10-12-36-13-11-28)17-25(31)30-22(16-21(27-30)24-5-4-14-37-24)20-15-19(34-2)6-7-23(20)35-3/h4-7,14-15,22H,8-13,16-18H2,1-3H3. The summed E-state index contributed by atoms with van der Waals surface area (Å²) < 4.78 is 21.6. The summed E-state index contributed by atoms with van der Waals surface area (Å²) in [5.41, 5.74) is 1.62. The first-order chi connectivity index (χ1) is 18.0. The van der Waals surface area contributed by atoms with Gasteiger partial charge in [0.15, 0.2) is 0 Å². The predicted molar refractivity (Wildman–Crippen MR) is 140 cm³/mol. The molecular weight excluding hydrogens is 496 g/mol. The minimum Gasteiger partial charge on any atom is -0.497 e. The summed E-state index contributed by atoms with van der Waals surface area (Å²) in [5.74, 6) is 0.801. The van der Waals surface area contributed by atoms with Gasteiger partial charge in [0, 0.05) is 45.3 Å². The van der Waals surface area contributed by atoms with Gasteiger partial charge < -0.3 is 23.8 Å². The van der Waals surface area contributed by atoms with Gasteiger partial charge in [-0.1, -0.05) is 6.07 Å². The predicted octanol–water partition coefficient (Wildman–Crippen LogP) is 2.25. The molecule has 2 aliphatic heterocycles. The number of benzene rings is 1. The van der Waals surface area contributed by atoms with Gasteiger partial charge in [0.2, 0.25) is 5.91 Å². The van der Waals surface area contributed by atoms with Crippen LogP contribution in [0.4, 0.5) is 0 Å². The Bertz CT molecular complexity index is 1090. The van der Waals surface area contributed by atoms with E-state index in [0.29, 0.717) is 44.2 Å². The monoisotopic (exact) mass is 530 g/mol. The van der Waals surface area contributed by atoms with Crippen LogP contribution in [-0.2, 0) is 19.1 Å². The van der Waals surface area contributed by atoms with Crippen LogP contribution in [0.2, 0.25) is 0 Å². The van der Waals surface area contributed by atoms with E-state index < -0.39 is 6.04 Å². The van der Waals surface area contributed by atoms with Gasteiger partial charge in [-0.3, -0.25) is 14.5 Å². The van der Waals surface area contributed by atoms with Gasteiger partial charge in [-0.2, -0.15) is 5.10 Å². The van der Waals surface area contributed by atoms with Crippen molar-refractivity contribution in [3.05, 3.63) is 46.2 Å². The molecule has 1 atom stereocenters. The second-order valence-electron chi connectivity index (χ2n) is 8.79. The Hall–Kier alpha value is -2.99. The van der Waals surface area contributed by atoms with Crippen LogP contribution in [0.25, 0.3) is 0 Å². The number of carbonyl (C=O) groups is 2. The molecule has 4 rings (SSSR count). The second kappa shape index (κ2) is 13.0. The summed E-state index contributed by atoms with van der Waals surface area (Å²) in [6.45, 7) is 3.83. The summed E-state index contributed by atoms with van der Waals surface area (Å²) in [4.78, 5) is 31.4. The maximum atomic E-state index is 13.8. The first kappa shape index (κ1) is 27.1. The molecular formula is C26H34N4O6S. The summed E-state index contributed by atoms with van der Waals surface area (Å²) in [6, 6.07) is 9.09. The number of amides is 2. The maximum absolute atomic E-state index is 13.8. The number of carbonyl (C=O) groups excluding carboxylic acids is 2. The molecule has 2 aromatic rings. The van der Waals surface area contributed by atoms with Gasteiger partial charge in [0.1, 0.15) is 24.7 Å². The fraction of sp³-hybridized carbons (Fsp3) is 0.500. The minimum atomic E-state index is -0.395. The fourth-order valence-electron chi connectivity index (χ4n) is 4.50. The Balaban J connectivity index is 1.58.